The molecule has 2 aliphatic heterocycles. The number of amides is 1. The van der Waals surface area contributed by atoms with E-state index < -0.39 is 0 Å². The van der Waals surface area contributed by atoms with Crippen LogP contribution >= 0.6 is 11.6 Å². The molecular formula is C23H22ClN3O3. The standard InChI is InChI=1S/C23H22ClN3O3/c24-17-13-20-21(30-12-11-29-20)14-18(17)25-22(28)15-27-10-9-26-8-4-7-19(26)23(27)16-5-2-1-3-6-16/h1-8,13-14,23H,9-12,15H2,(H,25,28). The second-order valence-electron chi connectivity index (χ2n) is 7.43. The molecule has 30 heavy (non-hydrogen) atoms. The van der Waals surface area contributed by atoms with Crippen LogP contribution in [-0.4, -0.2) is 41.7 Å². The van der Waals surface area contributed by atoms with E-state index in [1.807, 2.05) is 18.2 Å². The van der Waals surface area contributed by atoms with Crippen LogP contribution < -0.4 is 14.8 Å². The average molecular weight is 424 g/mol. The summed E-state index contributed by atoms with van der Waals surface area (Å²) in [7, 11) is 0. The van der Waals surface area contributed by atoms with Gasteiger partial charge in [0.25, 0.3) is 0 Å². The first kappa shape index (κ1) is 19.0. The van der Waals surface area contributed by atoms with Crippen LogP contribution in [0.4, 0.5) is 5.69 Å². The van der Waals surface area contributed by atoms with E-state index in [0.717, 1.165) is 13.1 Å². The number of aromatic nitrogens is 1. The van der Waals surface area contributed by atoms with Crippen molar-refractivity contribution in [2.45, 2.75) is 12.6 Å². The number of nitrogens with zero attached hydrogens (tertiary/aromatic N) is 2. The van der Waals surface area contributed by atoms with Crippen molar-refractivity contribution < 1.29 is 14.3 Å². The predicted molar refractivity (Wildman–Crippen MR) is 115 cm³/mol. The Hall–Kier alpha value is -2.96. The van der Waals surface area contributed by atoms with Crippen LogP contribution in [0, 0.1) is 0 Å². The number of hydrogen-bond donors (Lipinski definition) is 1. The number of carbonyl (C=O) groups excluding carboxylic acids is 1. The summed E-state index contributed by atoms with van der Waals surface area (Å²) in [6.07, 6.45) is 2.09. The number of halogens is 1. The van der Waals surface area contributed by atoms with Crippen LogP contribution in [0.5, 0.6) is 11.5 Å². The van der Waals surface area contributed by atoms with Gasteiger partial charge in [-0.2, -0.15) is 0 Å². The van der Waals surface area contributed by atoms with E-state index in [1.54, 1.807) is 12.1 Å². The maximum atomic E-state index is 12.9. The van der Waals surface area contributed by atoms with Gasteiger partial charge in [-0.3, -0.25) is 9.69 Å². The molecule has 1 N–H and O–H groups in total. The Bertz CT molecular complexity index is 1070. The molecule has 0 fully saturated rings. The summed E-state index contributed by atoms with van der Waals surface area (Å²) in [6, 6.07) is 17.9. The molecule has 0 saturated carbocycles. The van der Waals surface area contributed by atoms with E-state index >= 15 is 0 Å². The number of anilines is 1. The molecule has 5 rings (SSSR count). The topological polar surface area (TPSA) is 55.7 Å². The molecule has 1 atom stereocenters. The molecule has 1 aromatic heterocycles. The van der Waals surface area contributed by atoms with E-state index in [2.05, 4.69) is 45.2 Å². The van der Waals surface area contributed by atoms with Crippen LogP contribution in [0.2, 0.25) is 5.02 Å². The van der Waals surface area contributed by atoms with Crippen LogP contribution in [-0.2, 0) is 11.3 Å². The first-order valence-corrected chi connectivity index (χ1v) is 10.4. The molecule has 6 nitrogen and oxygen atoms in total. The van der Waals surface area contributed by atoms with Crippen LogP contribution in [0.1, 0.15) is 17.3 Å². The first-order chi connectivity index (χ1) is 14.7. The van der Waals surface area contributed by atoms with E-state index in [0.29, 0.717) is 35.4 Å². The number of benzene rings is 2. The van der Waals surface area contributed by atoms with Crippen molar-refractivity contribution in [2.24, 2.45) is 0 Å². The number of rotatable bonds is 4. The van der Waals surface area contributed by atoms with Crippen molar-refractivity contribution in [2.75, 3.05) is 31.6 Å². The fourth-order valence-corrected chi connectivity index (χ4v) is 4.35. The lowest BCUT2D eigenvalue weighted by Gasteiger charge is -2.36. The largest absolute Gasteiger partial charge is 0.486 e. The highest BCUT2D eigenvalue weighted by atomic mass is 35.5. The maximum absolute atomic E-state index is 12.9. The Kier molecular flexibility index (Phi) is 5.11. The van der Waals surface area contributed by atoms with E-state index in [1.165, 1.54) is 11.3 Å². The minimum Gasteiger partial charge on any atom is -0.486 e. The smallest absolute Gasteiger partial charge is 0.238 e. The zero-order valence-corrected chi connectivity index (χ0v) is 17.1. The summed E-state index contributed by atoms with van der Waals surface area (Å²) >= 11 is 6.36. The van der Waals surface area contributed by atoms with Crippen molar-refractivity contribution in [1.82, 2.24) is 9.47 Å². The van der Waals surface area contributed by atoms with Gasteiger partial charge in [-0.05, 0) is 17.7 Å². The molecule has 1 amide bonds. The van der Waals surface area contributed by atoms with Crippen molar-refractivity contribution in [3.63, 3.8) is 0 Å². The maximum Gasteiger partial charge on any atom is 0.238 e. The highest BCUT2D eigenvalue weighted by Gasteiger charge is 2.30. The fourth-order valence-electron chi connectivity index (χ4n) is 4.15. The highest BCUT2D eigenvalue weighted by Crippen LogP contribution is 2.38. The third-order valence-electron chi connectivity index (χ3n) is 5.51. The molecule has 3 heterocycles. The Balaban J connectivity index is 1.36. The molecule has 0 aliphatic carbocycles. The summed E-state index contributed by atoms with van der Waals surface area (Å²) in [5.74, 6) is 1.08. The Morgan fingerprint density at radius 2 is 1.80 bits per heavy atom. The monoisotopic (exact) mass is 423 g/mol. The molecule has 0 saturated heterocycles. The van der Waals surface area contributed by atoms with Gasteiger partial charge >= 0.3 is 0 Å². The number of nitrogens with one attached hydrogen (secondary N) is 1. The van der Waals surface area contributed by atoms with Crippen LogP contribution in [0.3, 0.4) is 0 Å². The normalized spacial score (nSPS) is 18.0. The summed E-state index contributed by atoms with van der Waals surface area (Å²) < 4.78 is 13.4. The molecule has 7 heteroatoms. The molecular weight excluding hydrogens is 402 g/mol. The minimum atomic E-state index is -0.116. The third kappa shape index (κ3) is 3.64. The highest BCUT2D eigenvalue weighted by molar-refractivity contribution is 6.34. The van der Waals surface area contributed by atoms with Gasteiger partial charge in [0.15, 0.2) is 11.5 Å². The summed E-state index contributed by atoms with van der Waals surface area (Å²) in [6.45, 7) is 2.86. The molecule has 2 aromatic carbocycles. The Labute approximate surface area is 180 Å². The lowest BCUT2D eigenvalue weighted by Crippen LogP contribution is -2.42. The summed E-state index contributed by atoms with van der Waals surface area (Å²) in [5, 5.41) is 3.37. The summed E-state index contributed by atoms with van der Waals surface area (Å²) in [4.78, 5) is 15.1. The zero-order chi connectivity index (χ0) is 20.5. The zero-order valence-electron chi connectivity index (χ0n) is 16.4. The van der Waals surface area contributed by atoms with Crippen molar-refractivity contribution in [1.29, 1.82) is 0 Å². The second kappa shape index (κ2) is 8.05. The molecule has 2 aliphatic rings. The quantitative estimate of drug-likeness (QED) is 0.690. The number of fused-ring (bicyclic) bond motifs is 2. The molecule has 0 spiro atoms. The third-order valence-corrected chi connectivity index (χ3v) is 5.82. The van der Waals surface area contributed by atoms with Gasteiger partial charge in [0.2, 0.25) is 5.91 Å². The van der Waals surface area contributed by atoms with Crippen LogP contribution in [0.25, 0.3) is 0 Å². The van der Waals surface area contributed by atoms with Crippen LogP contribution in [0.15, 0.2) is 60.8 Å². The second-order valence-corrected chi connectivity index (χ2v) is 7.84. The van der Waals surface area contributed by atoms with Gasteiger partial charge in [-0.25, -0.2) is 0 Å². The molecule has 0 bridgehead atoms. The van der Waals surface area contributed by atoms with Crippen molar-refractivity contribution >= 4 is 23.2 Å². The SMILES string of the molecule is O=C(CN1CCn2cccc2C1c1ccccc1)Nc1cc2c(cc1Cl)OCCO2. The van der Waals surface area contributed by atoms with E-state index in [-0.39, 0.29) is 18.5 Å². The van der Waals surface area contributed by atoms with Gasteiger partial charge in [-0.1, -0.05) is 41.9 Å². The van der Waals surface area contributed by atoms with Gasteiger partial charge in [-0.15, -0.1) is 0 Å². The first-order valence-electron chi connectivity index (χ1n) is 10.0. The molecule has 0 radical (unpaired) electrons. The number of carbonyl (C=O) groups is 1. The van der Waals surface area contributed by atoms with Crippen molar-refractivity contribution in [3.8, 4) is 11.5 Å². The average Bonchev–Trinajstić information content (AvgIpc) is 3.23. The van der Waals surface area contributed by atoms with Crippen molar-refractivity contribution in [3.05, 3.63) is 77.1 Å². The molecule has 1 unspecified atom stereocenters. The fraction of sp³-hybridized carbons (Fsp3) is 0.261. The predicted octanol–water partition coefficient (Wildman–Crippen LogP) is 3.96. The molecule has 3 aromatic rings. The number of hydrogen-bond acceptors (Lipinski definition) is 4. The van der Waals surface area contributed by atoms with Gasteiger partial charge in [0.05, 0.1) is 23.3 Å². The lowest BCUT2D eigenvalue weighted by molar-refractivity contribution is -0.117. The lowest BCUT2D eigenvalue weighted by atomic mass is 10.00. The van der Waals surface area contributed by atoms with Gasteiger partial charge < -0.3 is 19.4 Å². The van der Waals surface area contributed by atoms with Gasteiger partial charge in [0.1, 0.15) is 13.2 Å². The summed E-state index contributed by atoms with van der Waals surface area (Å²) in [5.41, 5.74) is 2.89. The van der Waals surface area contributed by atoms with E-state index in [9.17, 15) is 4.79 Å². The minimum absolute atomic E-state index is 0.0245. The number of ether oxygens (including phenoxy) is 2. The van der Waals surface area contributed by atoms with E-state index in [4.69, 9.17) is 21.1 Å². The Morgan fingerprint density at radius 1 is 1.03 bits per heavy atom. The Morgan fingerprint density at radius 3 is 2.60 bits per heavy atom. The molecule has 154 valence electrons. The van der Waals surface area contributed by atoms with Gasteiger partial charge in [0, 0.05) is 37.1 Å².